The van der Waals surface area contributed by atoms with E-state index in [1.165, 1.54) is 0 Å². The Morgan fingerprint density at radius 1 is 1.43 bits per heavy atom. The predicted octanol–water partition coefficient (Wildman–Crippen LogP) is 2.68. The van der Waals surface area contributed by atoms with Crippen LogP contribution >= 0.6 is 0 Å². The van der Waals surface area contributed by atoms with Gasteiger partial charge in [0.25, 0.3) is 0 Å². The van der Waals surface area contributed by atoms with Gasteiger partial charge in [0.2, 0.25) is 0 Å². The molecule has 0 radical (unpaired) electrons. The Morgan fingerprint density at radius 3 is 2.76 bits per heavy atom. The van der Waals surface area contributed by atoms with E-state index in [1.54, 1.807) is 13.2 Å². The maximum atomic E-state index is 12.5. The number of hydrogen-bond donors (Lipinski definition) is 0. The number of rotatable bonds is 6. The zero-order valence-corrected chi connectivity index (χ0v) is 13.1. The maximum absolute atomic E-state index is 12.5. The molecular weight excluding hydrogens is 268 g/mol. The minimum atomic E-state index is -0.455. The molecule has 0 heterocycles. The van der Waals surface area contributed by atoms with Crippen molar-refractivity contribution in [2.75, 3.05) is 20.5 Å². The molecule has 0 aromatic heterocycles. The number of ketones is 2. The van der Waals surface area contributed by atoms with Crippen LogP contribution in [0.15, 0.2) is 24.3 Å². The number of ether oxygens (including phenoxy) is 2. The summed E-state index contributed by atoms with van der Waals surface area (Å²) in [5, 5.41) is 0. The molecule has 0 spiro atoms. The zero-order valence-electron chi connectivity index (χ0n) is 13.1. The Kier molecular flexibility index (Phi) is 4.49. The largest absolute Gasteiger partial charge is 0.359 e. The molecule has 21 heavy (non-hydrogen) atoms. The van der Waals surface area contributed by atoms with E-state index < -0.39 is 5.41 Å². The van der Waals surface area contributed by atoms with Crippen LogP contribution in [0.4, 0.5) is 0 Å². The van der Waals surface area contributed by atoms with E-state index in [0.717, 1.165) is 5.57 Å². The molecule has 0 amide bonds. The molecule has 0 aromatic rings. The average Bonchev–Trinajstić information content (AvgIpc) is 2.74. The standard InChI is InChI=1S/C17H24O4/c1-5-6-17-8-13(18)7-15(17)16(3,10-21-11-20-4)12(2)14(19)9-17/h5,7,12H,1,6,8-11H2,2-4H3/t12-,16-,17-/m0/s1. The first-order valence-corrected chi connectivity index (χ1v) is 7.35. The Bertz CT molecular complexity index is 493. The first kappa shape index (κ1) is 16.1. The van der Waals surface area contributed by atoms with Crippen molar-refractivity contribution in [3.05, 3.63) is 24.3 Å². The lowest BCUT2D eigenvalue weighted by Crippen LogP contribution is -2.48. The van der Waals surface area contributed by atoms with Gasteiger partial charge >= 0.3 is 0 Å². The number of carbonyl (C=O) groups is 2. The Labute approximate surface area is 126 Å². The van der Waals surface area contributed by atoms with Crippen molar-refractivity contribution in [1.29, 1.82) is 0 Å². The molecule has 2 rings (SSSR count). The number of allylic oxidation sites excluding steroid dienone is 2. The van der Waals surface area contributed by atoms with Crippen LogP contribution in [0.3, 0.4) is 0 Å². The maximum Gasteiger partial charge on any atom is 0.156 e. The topological polar surface area (TPSA) is 52.6 Å². The Hall–Kier alpha value is -1.26. The van der Waals surface area contributed by atoms with Gasteiger partial charge < -0.3 is 9.47 Å². The number of Topliss-reactive ketones (excluding diaryl/α,β-unsaturated/α-hetero) is 1. The molecule has 1 fully saturated rings. The summed E-state index contributed by atoms with van der Waals surface area (Å²) >= 11 is 0. The predicted molar refractivity (Wildman–Crippen MR) is 79.7 cm³/mol. The quantitative estimate of drug-likeness (QED) is 0.429. The molecule has 2 aliphatic rings. The van der Waals surface area contributed by atoms with Crippen molar-refractivity contribution in [2.45, 2.75) is 33.1 Å². The van der Waals surface area contributed by atoms with Gasteiger partial charge in [-0.2, -0.15) is 0 Å². The number of fused-ring (bicyclic) bond motifs is 1. The molecule has 0 aromatic carbocycles. The number of hydrogen-bond acceptors (Lipinski definition) is 4. The minimum absolute atomic E-state index is 0.103. The van der Waals surface area contributed by atoms with Crippen LogP contribution in [0.25, 0.3) is 0 Å². The third-order valence-electron chi connectivity index (χ3n) is 5.09. The number of carbonyl (C=O) groups excluding carboxylic acids is 2. The van der Waals surface area contributed by atoms with Gasteiger partial charge in [0, 0.05) is 36.7 Å². The molecule has 116 valence electrons. The van der Waals surface area contributed by atoms with Gasteiger partial charge in [-0.3, -0.25) is 9.59 Å². The summed E-state index contributed by atoms with van der Waals surface area (Å²) in [5.41, 5.74) is 0.222. The first-order chi connectivity index (χ1) is 9.89. The number of methoxy groups -OCH3 is 1. The van der Waals surface area contributed by atoms with Crippen molar-refractivity contribution in [3.8, 4) is 0 Å². The van der Waals surface area contributed by atoms with Gasteiger partial charge in [0.1, 0.15) is 12.6 Å². The van der Waals surface area contributed by atoms with E-state index in [1.807, 2.05) is 19.9 Å². The van der Waals surface area contributed by atoms with Gasteiger partial charge in [-0.1, -0.05) is 25.5 Å². The van der Waals surface area contributed by atoms with Gasteiger partial charge in [0.15, 0.2) is 5.78 Å². The van der Waals surface area contributed by atoms with Crippen molar-refractivity contribution in [1.82, 2.24) is 0 Å². The summed E-state index contributed by atoms with van der Waals surface area (Å²) in [6, 6.07) is 0. The monoisotopic (exact) mass is 292 g/mol. The van der Waals surface area contributed by atoms with E-state index >= 15 is 0 Å². The fraction of sp³-hybridized carbons (Fsp3) is 0.647. The fourth-order valence-corrected chi connectivity index (χ4v) is 3.87. The smallest absolute Gasteiger partial charge is 0.156 e. The molecule has 0 unspecified atom stereocenters. The third-order valence-corrected chi connectivity index (χ3v) is 5.09. The summed E-state index contributed by atoms with van der Waals surface area (Å²) < 4.78 is 10.5. The molecule has 2 aliphatic carbocycles. The van der Waals surface area contributed by atoms with E-state index in [9.17, 15) is 9.59 Å². The van der Waals surface area contributed by atoms with Crippen LogP contribution in [-0.2, 0) is 19.1 Å². The van der Waals surface area contributed by atoms with Gasteiger partial charge in [-0.05, 0) is 12.5 Å². The summed E-state index contributed by atoms with van der Waals surface area (Å²) in [4.78, 5) is 24.5. The molecule has 0 bridgehead atoms. The highest BCUT2D eigenvalue weighted by Gasteiger charge is 2.56. The van der Waals surface area contributed by atoms with Crippen LogP contribution in [0.5, 0.6) is 0 Å². The van der Waals surface area contributed by atoms with Crippen molar-refractivity contribution in [3.63, 3.8) is 0 Å². The van der Waals surface area contributed by atoms with E-state index in [0.29, 0.717) is 25.9 Å². The molecular formula is C17H24O4. The van der Waals surface area contributed by atoms with Gasteiger partial charge in [-0.25, -0.2) is 0 Å². The van der Waals surface area contributed by atoms with Crippen molar-refractivity contribution in [2.24, 2.45) is 16.7 Å². The second-order valence-electron chi connectivity index (χ2n) is 6.51. The van der Waals surface area contributed by atoms with Gasteiger partial charge in [0.05, 0.1) is 6.61 Å². The van der Waals surface area contributed by atoms with Crippen LogP contribution in [0.1, 0.15) is 33.1 Å². The lowest BCUT2D eigenvalue weighted by atomic mass is 9.54. The zero-order chi connectivity index (χ0) is 15.7. The second kappa shape index (κ2) is 5.85. The highest BCUT2D eigenvalue weighted by molar-refractivity contribution is 5.98. The summed E-state index contributed by atoms with van der Waals surface area (Å²) in [6.45, 7) is 8.32. The first-order valence-electron chi connectivity index (χ1n) is 7.35. The normalized spacial score (nSPS) is 35.6. The second-order valence-corrected chi connectivity index (χ2v) is 6.51. The van der Waals surface area contributed by atoms with E-state index in [-0.39, 0.29) is 29.7 Å². The van der Waals surface area contributed by atoms with Crippen LogP contribution in [0, 0.1) is 16.7 Å². The molecule has 0 N–H and O–H groups in total. The van der Waals surface area contributed by atoms with Gasteiger partial charge in [-0.15, -0.1) is 6.58 Å². The van der Waals surface area contributed by atoms with Crippen LogP contribution < -0.4 is 0 Å². The Morgan fingerprint density at radius 2 is 2.14 bits per heavy atom. The molecule has 4 nitrogen and oxygen atoms in total. The highest BCUT2D eigenvalue weighted by Crippen LogP contribution is 2.58. The van der Waals surface area contributed by atoms with Crippen molar-refractivity contribution >= 4 is 11.6 Å². The van der Waals surface area contributed by atoms with Crippen molar-refractivity contribution < 1.29 is 19.1 Å². The molecule has 0 saturated heterocycles. The lowest BCUT2D eigenvalue weighted by molar-refractivity contribution is -0.136. The molecule has 0 aliphatic heterocycles. The lowest BCUT2D eigenvalue weighted by Gasteiger charge is -2.49. The van der Waals surface area contributed by atoms with E-state index in [4.69, 9.17) is 9.47 Å². The molecule has 3 atom stereocenters. The third kappa shape index (κ3) is 2.62. The minimum Gasteiger partial charge on any atom is -0.359 e. The molecule has 1 saturated carbocycles. The fourth-order valence-electron chi connectivity index (χ4n) is 3.87. The van der Waals surface area contributed by atoms with Crippen LogP contribution in [-0.4, -0.2) is 32.1 Å². The highest BCUT2D eigenvalue weighted by atomic mass is 16.7. The summed E-state index contributed by atoms with van der Waals surface area (Å²) in [5.74, 6) is 0.142. The average molecular weight is 292 g/mol. The van der Waals surface area contributed by atoms with Crippen LogP contribution in [0.2, 0.25) is 0 Å². The summed E-state index contributed by atoms with van der Waals surface area (Å²) in [7, 11) is 1.57. The molecule has 4 heteroatoms. The van der Waals surface area contributed by atoms with E-state index in [2.05, 4.69) is 6.58 Å². The Balaban J connectivity index is 2.40. The SMILES string of the molecule is C=CC[C@@]12CC(=O)C=C1[C@@](C)(COCOC)[C@@H](C)C(=O)C2. The summed E-state index contributed by atoms with van der Waals surface area (Å²) in [6.07, 6.45) is 5.04.